The van der Waals surface area contributed by atoms with Gasteiger partial charge in [-0.3, -0.25) is 14.7 Å². The Balaban J connectivity index is 1.25. The molecule has 2 aromatic rings. The highest BCUT2D eigenvalue weighted by atomic mass is 32.2. The summed E-state index contributed by atoms with van der Waals surface area (Å²) in [7, 11) is -3.50. The van der Waals surface area contributed by atoms with Crippen LogP contribution in [0.5, 0.6) is 0 Å². The first-order chi connectivity index (χ1) is 17.4. The fourth-order valence-corrected chi connectivity index (χ4v) is 7.58. The maximum atomic E-state index is 13.6. The number of rotatable bonds is 5. The molecule has 3 heterocycles. The minimum absolute atomic E-state index is 0.0696. The maximum Gasteiger partial charge on any atom is 0.255 e. The highest BCUT2D eigenvalue weighted by Gasteiger charge is 2.34. The Labute approximate surface area is 215 Å². The number of pyridine rings is 1. The smallest absolute Gasteiger partial charge is 0.255 e. The van der Waals surface area contributed by atoms with E-state index in [1.165, 1.54) is 32.1 Å². The molecule has 1 saturated carbocycles. The topological polar surface area (TPSA) is 73.8 Å². The van der Waals surface area contributed by atoms with Crippen molar-refractivity contribution < 1.29 is 13.2 Å². The van der Waals surface area contributed by atoms with Gasteiger partial charge in [0.2, 0.25) is 10.0 Å². The van der Waals surface area contributed by atoms with Gasteiger partial charge in [0, 0.05) is 56.9 Å². The van der Waals surface area contributed by atoms with Crippen LogP contribution in [0.25, 0.3) is 0 Å². The van der Waals surface area contributed by atoms with E-state index in [0.717, 1.165) is 37.6 Å². The molecule has 1 amide bonds. The lowest BCUT2D eigenvalue weighted by Gasteiger charge is -2.41. The first-order valence-electron chi connectivity index (χ1n) is 13.5. The number of hydrogen-bond acceptors (Lipinski definition) is 5. The molecular weight excluding hydrogens is 472 g/mol. The Bertz CT molecular complexity index is 1150. The highest BCUT2D eigenvalue weighted by Crippen LogP contribution is 2.32. The van der Waals surface area contributed by atoms with Crippen LogP contribution in [0.1, 0.15) is 72.6 Å². The average Bonchev–Trinajstić information content (AvgIpc) is 2.94. The number of carbonyl (C=O) groups excluding carboxylic acids is 1. The SMILES string of the molecule is Cc1ccc(C(=O)N2CCN(C3CCCCC3)CC2)c(C2CCN(S(=O)(=O)c3ccccc3)CC2)n1. The molecule has 1 aliphatic carbocycles. The van der Waals surface area contributed by atoms with E-state index in [-0.39, 0.29) is 11.8 Å². The first-order valence-corrected chi connectivity index (χ1v) is 14.9. The Kier molecular flexibility index (Phi) is 7.74. The fraction of sp³-hybridized carbons (Fsp3) is 0.571. The molecule has 0 radical (unpaired) electrons. The number of piperazine rings is 1. The normalized spacial score (nSPS) is 21.5. The lowest BCUT2D eigenvalue weighted by atomic mass is 9.90. The van der Waals surface area contributed by atoms with Gasteiger partial charge in [0.25, 0.3) is 5.91 Å². The molecule has 7 nitrogen and oxygen atoms in total. The summed E-state index contributed by atoms with van der Waals surface area (Å²) < 4.78 is 27.7. The van der Waals surface area contributed by atoms with Crippen LogP contribution in [0.4, 0.5) is 0 Å². The van der Waals surface area contributed by atoms with Gasteiger partial charge in [-0.15, -0.1) is 0 Å². The van der Waals surface area contributed by atoms with Gasteiger partial charge in [-0.2, -0.15) is 4.31 Å². The Hall–Kier alpha value is -2.29. The second kappa shape index (κ2) is 11.0. The quantitative estimate of drug-likeness (QED) is 0.607. The zero-order valence-electron chi connectivity index (χ0n) is 21.3. The van der Waals surface area contributed by atoms with E-state index in [9.17, 15) is 13.2 Å². The molecule has 2 saturated heterocycles. The van der Waals surface area contributed by atoms with Crippen molar-refractivity contribution >= 4 is 15.9 Å². The summed E-state index contributed by atoms with van der Waals surface area (Å²) in [5, 5.41) is 0. The van der Waals surface area contributed by atoms with Gasteiger partial charge in [0.1, 0.15) is 0 Å². The molecule has 0 spiro atoms. The molecule has 1 aromatic carbocycles. The summed E-state index contributed by atoms with van der Waals surface area (Å²) in [6.07, 6.45) is 7.92. The molecule has 194 valence electrons. The molecule has 36 heavy (non-hydrogen) atoms. The monoisotopic (exact) mass is 510 g/mol. The van der Waals surface area contributed by atoms with Gasteiger partial charge in [0.15, 0.2) is 0 Å². The highest BCUT2D eigenvalue weighted by molar-refractivity contribution is 7.89. The predicted octanol–water partition coefficient (Wildman–Crippen LogP) is 4.05. The van der Waals surface area contributed by atoms with E-state index in [2.05, 4.69) is 4.90 Å². The van der Waals surface area contributed by atoms with Crippen LogP contribution in [0.15, 0.2) is 47.4 Å². The zero-order valence-corrected chi connectivity index (χ0v) is 22.1. The molecule has 8 heteroatoms. The minimum Gasteiger partial charge on any atom is -0.336 e. The number of amides is 1. The Morgan fingerprint density at radius 2 is 1.50 bits per heavy atom. The second-order valence-electron chi connectivity index (χ2n) is 10.5. The molecular formula is C28H38N4O3S. The van der Waals surface area contributed by atoms with E-state index in [1.54, 1.807) is 28.6 Å². The predicted molar refractivity (Wildman–Crippen MR) is 140 cm³/mol. The van der Waals surface area contributed by atoms with E-state index >= 15 is 0 Å². The third-order valence-corrected chi connectivity index (χ3v) is 10.1. The lowest BCUT2D eigenvalue weighted by Crippen LogP contribution is -2.52. The van der Waals surface area contributed by atoms with Crippen molar-refractivity contribution in [3.8, 4) is 0 Å². The second-order valence-corrected chi connectivity index (χ2v) is 12.4. The van der Waals surface area contributed by atoms with Crippen molar-refractivity contribution in [2.45, 2.75) is 68.7 Å². The van der Waals surface area contributed by atoms with Gasteiger partial charge in [-0.1, -0.05) is 37.5 Å². The molecule has 3 fully saturated rings. The number of sulfonamides is 1. The minimum atomic E-state index is -3.50. The van der Waals surface area contributed by atoms with Gasteiger partial charge < -0.3 is 4.90 Å². The van der Waals surface area contributed by atoms with E-state index < -0.39 is 10.0 Å². The number of nitrogens with zero attached hydrogens (tertiary/aromatic N) is 4. The van der Waals surface area contributed by atoms with Crippen molar-refractivity contribution in [1.29, 1.82) is 0 Å². The number of hydrogen-bond donors (Lipinski definition) is 0. The average molecular weight is 511 g/mol. The largest absolute Gasteiger partial charge is 0.336 e. The van der Waals surface area contributed by atoms with Crippen LogP contribution in [0.2, 0.25) is 0 Å². The van der Waals surface area contributed by atoms with Crippen molar-refractivity contribution in [2.24, 2.45) is 0 Å². The molecule has 1 aromatic heterocycles. The number of aromatic nitrogens is 1. The molecule has 0 unspecified atom stereocenters. The van der Waals surface area contributed by atoms with Crippen LogP contribution in [0, 0.1) is 6.92 Å². The van der Waals surface area contributed by atoms with Gasteiger partial charge in [-0.05, 0) is 56.9 Å². The van der Waals surface area contributed by atoms with Crippen molar-refractivity contribution in [1.82, 2.24) is 19.1 Å². The molecule has 5 rings (SSSR count). The molecule has 0 atom stereocenters. The van der Waals surface area contributed by atoms with Crippen molar-refractivity contribution in [3.05, 3.63) is 59.4 Å². The summed E-state index contributed by atoms with van der Waals surface area (Å²) in [5.74, 6) is 0.148. The van der Waals surface area contributed by atoms with Crippen LogP contribution in [-0.2, 0) is 10.0 Å². The summed E-state index contributed by atoms with van der Waals surface area (Å²) in [5.41, 5.74) is 2.42. The van der Waals surface area contributed by atoms with Gasteiger partial charge >= 0.3 is 0 Å². The van der Waals surface area contributed by atoms with Crippen LogP contribution in [-0.4, -0.2) is 78.7 Å². The maximum absolute atomic E-state index is 13.6. The summed E-state index contributed by atoms with van der Waals surface area (Å²) in [4.78, 5) is 23.4. The molecule has 3 aliphatic rings. The summed E-state index contributed by atoms with van der Waals surface area (Å²) >= 11 is 0. The third kappa shape index (κ3) is 5.36. The van der Waals surface area contributed by atoms with Gasteiger partial charge in [-0.25, -0.2) is 8.42 Å². The van der Waals surface area contributed by atoms with E-state index in [0.29, 0.717) is 42.4 Å². The van der Waals surface area contributed by atoms with Crippen molar-refractivity contribution in [3.63, 3.8) is 0 Å². The summed E-state index contributed by atoms with van der Waals surface area (Å²) in [6.45, 7) is 6.24. The Morgan fingerprint density at radius 3 is 2.17 bits per heavy atom. The first kappa shape index (κ1) is 25.4. The number of aryl methyl sites for hydroxylation is 1. The molecule has 0 N–H and O–H groups in total. The van der Waals surface area contributed by atoms with E-state index in [4.69, 9.17) is 4.98 Å². The third-order valence-electron chi connectivity index (χ3n) is 8.21. The van der Waals surface area contributed by atoms with Crippen LogP contribution >= 0.6 is 0 Å². The summed E-state index contributed by atoms with van der Waals surface area (Å²) in [6, 6.07) is 13.2. The molecule has 2 aliphatic heterocycles. The molecule has 0 bridgehead atoms. The number of piperidine rings is 1. The number of benzene rings is 1. The van der Waals surface area contributed by atoms with Crippen molar-refractivity contribution in [2.75, 3.05) is 39.3 Å². The van der Waals surface area contributed by atoms with Crippen LogP contribution < -0.4 is 0 Å². The fourth-order valence-electron chi connectivity index (χ4n) is 6.09. The zero-order chi connectivity index (χ0) is 25.1. The van der Waals surface area contributed by atoms with Gasteiger partial charge in [0.05, 0.1) is 16.2 Å². The Morgan fingerprint density at radius 1 is 0.833 bits per heavy atom. The lowest BCUT2D eigenvalue weighted by molar-refractivity contribution is 0.0521. The van der Waals surface area contributed by atoms with Crippen LogP contribution in [0.3, 0.4) is 0 Å². The number of carbonyl (C=O) groups is 1. The van der Waals surface area contributed by atoms with E-state index in [1.807, 2.05) is 30.0 Å². The standard InChI is InChI=1S/C28H38N4O3S/c1-22-12-13-26(28(33)31-20-18-30(19-21-31)24-8-4-2-5-9-24)27(29-22)23-14-16-32(17-15-23)36(34,35)25-10-6-3-7-11-25/h3,6-7,10-13,23-24H,2,4-5,8-9,14-21H2,1H3.